The van der Waals surface area contributed by atoms with Crippen molar-refractivity contribution in [3.63, 3.8) is 0 Å². The van der Waals surface area contributed by atoms with Crippen molar-refractivity contribution in [2.75, 3.05) is 20.3 Å². The average Bonchev–Trinajstić information content (AvgIpc) is 3.32. The first-order chi connectivity index (χ1) is 20.4. The summed E-state index contributed by atoms with van der Waals surface area (Å²) >= 11 is 1.19. The number of rotatable bonds is 10. The Morgan fingerprint density at radius 3 is 2.48 bits per heavy atom. The molecular formula is C32H29FN2O6S. The maximum atomic E-state index is 14.1. The van der Waals surface area contributed by atoms with Crippen LogP contribution in [0.4, 0.5) is 4.39 Å². The Hall–Kier alpha value is -4.70. The van der Waals surface area contributed by atoms with Crippen molar-refractivity contribution in [2.45, 2.75) is 26.5 Å². The van der Waals surface area contributed by atoms with Crippen LogP contribution in [0.2, 0.25) is 0 Å². The average molecular weight is 589 g/mol. The van der Waals surface area contributed by atoms with E-state index in [9.17, 15) is 14.0 Å². The molecule has 4 aromatic rings. The number of ether oxygens (including phenoxy) is 4. The Balaban J connectivity index is 1.59. The molecule has 0 spiro atoms. The Morgan fingerprint density at radius 2 is 1.71 bits per heavy atom. The molecule has 1 atom stereocenters. The van der Waals surface area contributed by atoms with E-state index < -0.39 is 12.0 Å². The Bertz CT molecular complexity index is 1830. The van der Waals surface area contributed by atoms with Crippen LogP contribution in [0, 0.1) is 5.82 Å². The third-order valence-electron chi connectivity index (χ3n) is 6.55. The van der Waals surface area contributed by atoms with E-state index in [0.29, 0.717) is 56.5 Å². The molecule has 0 unspecified atom stereocenters. The molecule has 0 fully saturated rings. The summed E-state index contributed by atoms with van der Waals surface area (Å²) < 4.78 is 38.5. The van der Waals surface area contributed by atoms with Crippen LogP contribution in [-0.2, 0) is 16.1 Å². The van der Waals surface area contributed by atoms with Gasteiger partial charge in [-0.25, -0.2) is 14.2 Å². The van der Waals surface area contributed by atoms with Gasteiger partial charge in [0.1, 0.15) is 18.2 Å². The molecule has 3 aromatic carbocycles. The number of thiazole rings is 1. The van der Waals surface area contributed by atoms with Gasteiger partial charge in [0.05, 0.1) is 36.5 Å². The Morgan fingerprint density at radius 1 is 0.976 bits per heavy atom. The number of hydrogen-bond acceptors (Lipinski definition) is 8. The summed E-state index contributed by atoms with van der Waals surface area (Å²) in [7, 11) is 1.29. The summed E-state index contributed by atoms with van der Waals surface area (Å²) in [6.45, 7) is 4.63. The van der Waals surface area contributed by atoms with Gasteiger partial charge in [0.2, 0.25) is 0 Å². The number of nitrogens with zero attached hydrogens (tertiary/aromatic N) is 2. The number of hydrogen-bond donors (Lipinski definition) is 0. The topological polar surface area (TPSA) is 88.4 Å². The standard InChI is InChI=1S/C32H29FN2O6S/c1-4-39-26-15-14-21(16-27(26)40-5-2)29-23(31(37)38-3)18-34-32-35(29)30(36)28(42-32)17-20-10-7-9-13-25(20)41-19-22-11-6-8-12-24(22)33/h6-18,29H,4-5,19H2,1-3H3/b28-17-/t29-/m1/s1. The molecule has 0 aliphatic carbocycles. The lowest BCUT2D eigenvalue weighted by molar-refractivity contribution is -0.136. The minimum absolute atomic E-state index is 0.0289. The zero-order valence-electron chi connectivity index (χ0n) is 23.3. The fourth-order valence-electron chi connectivity index (χ4n) is 4.63. The molecule has 8 nitrogen and oxygen atoms in total. The number of para-hydroxylation sites is 1. The summed E-state index contributed by atoms with van der Waals surface area (Å²) in [5, 5.41) is 0. The maximum Gasteiger partial charge on any atom is 0.337 e. The molecule has 0 N–H and O–H groups in total. The second-order valence-electron chi connectivity index (χ2n) is 9.17. The van der Waals surface area contributed by atoms with Gasteiger partial charge < -0.3 is 18.9 Å². The van der Waals surface area contributed by atoms with E-state index in [1.807, 2.05) is 26.0 Å². The van der Waals surface area contributed by atoms with Crippen molar-refractivity contribution >= 4 is 23.4 Å². The van der Waals surface area contributed by atoms with E-state index in [4.69, 9.17) is 18.9 Å². The zero-order valence-corrected chi connectivity index (χ0v) is 24.2. The number of carbonyl (C=O) groups is 1. The largest absolute Gasteiger partial charge is 0.490 e. The third-order valence-corrected chi connectivity index (χ3v) is 7.55. The molecule has 1 aliphatic heterocycles. The molecule has 42 heavy (non-hydrogen) atoms. The highest BCUT2D eigenvalue weighted by atomic mass is 32.1. The predicted octanol–water partition coefficient (Wildman–Crippen LogP) is 4.53. The van der Waals surface area contributed by atoms with Crippen molar-refractivity contribution < 1.29 is 28.1 Å². The molecule has 2 heterocycles. The molecule has 0 radical (unpaired) electrons. The van der Waals surface area contributed by atoms with Gasteiger partial charge in [-0.1, -0.05) is 53.8 Å². The van der Waals surface area contributed by atoms with Crippen molar-refractivity contribution in [3.05, 3.63) is 121 Å². The second kappa shape index (κ2) is 12.9. The van der Waals surface area contributed by atoms with Crippen molar-refractivity contribution in [2.24, 2.45) is 4.99 Å². The van der Waals surface area contributed by atoms with Crippen LogP contribution in [0.15, 0.2) is 88.3 Å². The fraction of sp³-hybridized carbons (Fsp3) is 0.219. The molecule has 1 aromatic heterocycles. The first-order valence-corrected chi connectivity index (χ1v) is 14.2. The van der Waals surface area contributed by atoms with Gasteiger partial charge in [0.15, 0.2) is 16.3 Å². The molecule has 216 valence electrons. The summed E-state index contributed by atoms with van der Waals surface area (Å²) in [6.07, 6.45) is 3.15. The van der Waals surface area contributed by atoms with Gasteiger partial charge in [-0.05, 0) is 49.8 Å². The van der Waals surface area contributed by atoms with Crippen LogP contribution in [-0.4, -0.2) is 30.9 Å². The molecule has 0 bridgehead atoms. The molecule has 0 saturated carbocycles. The molecular weight excluding hydrogens is 559 g/mol. The molecule has 0 saturated heterocycles. The minimum Gasteiger partial charge on any atom is -0.490 e. The Labute approximate surface area is 245 Å². The molecule has 5 rings (SSSR count). The number of methoxy groups -OCH3 is 1. The minimum atomic E-state index is -0.807. The highest BCUT2D eigenvalue weighted by molar-refractivity contribution is 7.07. The van der Waals surface area contributed by atoms with Crippen LogP contribution >= 0.6 is 11.3 Å². The van der Waals surface area contributed by atoms with Crippen molar-refractivity contribution in [1.82, 2.24) is 4.57 Å². The SMILES string of the molecule is CCOc1ccc([C@@H]2C(C(=O)OC)=CN=c3s/c(=C\c4ccccc4OCc4ccccc4F)c(=O)n32)cc1OCC. The molecule has 1 aliphatic rings. The zero-order chi connectivity index (χ0) is 29.6. The van der Waals surface area contributed by atoms with Crippen molar-refractivity contribution in [3.8, 4) is 17.2 Å². The van der Waals surface area contributed by atoms with Crippen LogP contribution in [0.1, 0.15) is 36.6 Å². The number of halogens is 1. The third kappa shape index (κ3) is 5.84. The Kier molecular flexibility index (Phi) is 8.83. The number of aromatic nitrogens is 1. The lowest BCUT2D eigenvalue weighted by Crippen LogP contribution is -2.39. The first-order valence-electron chi connectivity index (χ1n) is 13.4. The number of benzene rings is 3. The van der Waals surface area contributed by atoms with E-state index in [2.05, 4.69) is 4.99 Å². The second-order valence-corrected chi connectivity index (χ2v) is 10.2. The maximum absolute atomic E-state index is 14.1. The normalized spacial score (nSPS) is 14.4. The van der Waals surface area contributed by atoms with E-state index in [0.717, 1.165) is 0 Å². The fourth-order valence-corrected chi connectivity index (χ4v) is 5.59. The summed E-state index contributed by atoms with van der Waals surface area (Å²) in [5.41, 5.74) is 1.56. The molecule has 10 heteroatoms. The lowest BCUT2D eigenvalue weighted by atomic mass is 9.97. The van der Waals surface area contributed by atoms with E-state index in [-0.39, 0.29) is 23.6 Å². The van der Waals surface area contributed by atoms with Crippen LogP contribution in [0.5, 0.6) is 17.2 Å². The monoisotopic (exact) mass is 588 g/mol. The van der Waals surface area contributed by atoms with Gasteiger partial charge in [-0.2, -0.15) is 0 Å². The van der Waals surface area contributed by atoms with E-state index >= 15 is 0 Å². The summed E-state index contributed by atoms with van der Waals surface area (Å²) in [5.74, 6) is 0.599. The van der Waals surface area contributed by atoms with E-state index in [1.54, 1.807) is 54.6 Å². The highest BCUT2D eigenvalue weighted by Gasteiger charge is 2.31. The van der Waals surface area contributed by atoms with E-state index in [1.165, 1.54) is 35.3 Å². The smallest absolute Gasteiger partial charge is 0.337 e. The van der Waals surface area contributed by atoms with Gasteiger partial charge in [-0.15, -0.1) is 0 Å². The summed E-state index contributed by atoms with van der Waals surface area (Å²) in [4.78, 5) is 31.6. The number of carbonyl (C=O) groups excluding carboxylic acids is 1. The quantitative estimate of drug-likeness (QED) is 0.253. The van der Waals surface area contributed by atoms with Gasteiger partial charge in [0, 0.05) is 17.3 Å². The van der Waals surface area contributed by atoms with Crippen LogP contribution in [0.3, 0.4) is 0 Å². The number of esters is 1. The molecule has 0 amide bonds. The number of fused-ring (bicyclic) bond motifs is 1. The van der Waals surface area contributed by atoms with Crippen LogP contribution < -0.4 is 29.1 Å². The predicted molar refractivity (Wildman–Crippen MR) is 157 cm³/mol. The first kappa shape index (κ1) is 28.8. The highest BCUT2D eigenvalue weighted by Crippen LogP contribution is 2.35. The summed E-state index contributed by atoms with van der Waals surface area (Å²) in [6, 6.07) is 18.1. The van der Waals surface area contributed by atoms with Gasteiger partial charge in [-0.3, -0.25) is 9.36 Å². The van der Waals surface area contributed by atoms with Crippen molar-refractivity contribution in [1.29, 1.82) is 0 Å². The van der Waals surface area contributed by atoms with Gasteiger partial charge in [0.25, 0.3) is 5.56 Å². The van der Waals surface area contributed by atoms with Crippen LogP contribution in [0.25, 0.3) is 6.08 Å². The lowest BCUT2D eigenvalue weighted by Gasteiger charge is -2.23. The van der Waals surface area contributed by atoms with Gasteiger partial charge >= 0.3 is 5.97 Å².